The predicted molar refractivity (Wildman–Crippen MR) is 132 cm³/mol. The SMILES string of the molecule is COC(=O)c1ccc(CCNC(=O)c2cc(Cl)ccc2N2CCCCCCCC2)cc1OC. The maximum Gasteiger partial charge on any atom is 0.341 e. The number of halogens is 1. The smallest absolute Gasteiger partial charge is 0.341 e. The van der Waals surface area contributed by atoms with Crippen molar-refractivity contribution < 1.29 is 19.1 Å². The van der Waals surface area contributed by atoms with E-state index >= 15 is 0 Å². The maximum absolute atomic E-state index is 13.1. The molecule has 2 aromatic carbocycles. The number of rotatable bonds is 7. The Morgan fingerprint density at radius 1 is 0.939 bits per heavy atom. The molecule has 0 spiro atoms. The van der Waals surface area contributed by atoms with Crippen molar-refractivity contribution in [1.82, 2.24) is 5.32 Å². The highest BCUT2D eigenvalue weighted by Gasteiger charge is 2.18. The molecule has 0 saturated carbocycles. The van der Waals surface area contributed by atoms with E-state index in [0.717, 1.165) is 37.2 Å². The average Bonchev–Trinajstić information content (AvgIpc) is 2.97. The number of methoxy groups -OCH3 is 2. The second-order valence-corrected chi connectivity index (χ2v) is 8.74. The summed E-state index contributed by atoms with van der Waals surface area (Å²) < 4.78 is 10.1. The van der Waals surface area contributed by atoms with Crippen LogP contribution in [0, 0.1) is 0 Å². The third kappa shape index (κ3) is 6.87. The summed E-state index contributed by atoms with van der Waals surface area (Å²) in [7, 11) is 2.85. The zero-order valence-corrected chi connectivity index (χ0v) is 20.2. The molecule has 1 fully saturated rings. The normalized spacial score (nSPS) is 14.6. The summed E-state index contributed by atoms with van der Waals surface area (Å²) in [6.45, 7) is 2.36. The monoisotopic (exact) mass is 472 g/mol. The fraction of sp³-hybridized carbons (Fsp3) is 0.462. The summed E-state index contributed by atoms with van der Waals surface area (Å²) in [5.74, 6) is -0.124. The van der Waals surface area contributed by atoms with Gasteiger partial charge in [-0.25, -0.2) is 4.79 Å². The molecule has 1 aliphatic rings. The van der Waals surface area contributed by atoms with Crippen molar-refractivity contribution in [2.75, 3.05) is 38.8 Å². The van der Waals surface area contributed by atoms with Gasteiger partial charge in [0.2, 0.25) is 0 Å². The minimum atomic E-state index is -0.444. The number of anilines is 1. The lowest BCUT2D eigenvalue weighted by molar-refractivity contribution is 0.0597. The van der Waals surface area contributed by atoms with Gasteiger partial charge in [-0.1, -0.05) is 43.4 Å². The second-order valence-electron chi connectivity index (χ2n) is 8.30. The first-order valence-electron chi connectivity index (χ1n) is 11.6. The van der Waals surface area contributed by atoms with Crippen molar-refractivity contribution in [2.24, 2.45) is 0 Å². The van der Waals surface area contributed by atoms with Crippen molar-refractivity contribution in [3.05, 3.63) is 58.1 Å². The molecule has 0 atom stereocenters. The predicted octanol–water partition coefficient (Wildman–Crippen LogP) is 5.27. The van der Waals surface area contributed by atoms with Gasteiger partial charge in [-0.2, -0.15) is 0 Å². The number of hydrogen-bond acceptors (Lipinski definition) is 5. The van der Waals surface area contributed by atoms with Gasteiger partial charge in [0.1, 0.15) is 11.3 Å². The summed E-state index contributed by atoms with van der Waals surface area (Å²) in [4.78, 5) is 27.3. The number of esters is 1. The van der Waals surface area contributed by atoms with Crippen LogP contribution < -0.4 is 15.0 Å². The van der Waals surface area contributed by atoms with Crippen LogP contribution in [0.25, 0.3) is 0 Å². The highest BCUT2D eigenvalue weighted by molar-refractivity contribution is 6.31. The van der Waals surface area contributed by atoms with Gasteiger partial charge in [0.25, 0.3) is 5.91 Å². The lowest BCUT2D eigenvalue weighted by atomic mass is 10.1. The first kappa shape index (κ1) is 24.9. The van der Waals surface area contributed by atoms with Gasteiger partial charge in [0.05, 0.1) is 19.8 Å². The second kappa shape index (κ2) is 12.5. The molecule has 1 aliphatic heterocycles. The molecule has 0 aliphatic carbocycles. The zero-order chi connectivity index (χ0) is 23.6. The Bertz CT molecular complexity index is 953. The first-order valence-corrected chi connectivity index (χ1v) is 12.0. The van der Waals surface area contributed by atoms with Crippen LogP contribution in [0.1, 0.15) is 64.8 Å². The summed E-state index contributed by atoms with van der Waals surface area (Å²) in [6, 6.07) is 10.9. The van der Waals surface area contributed by atoms with Crippen molar-refractivity contribution in [2.45, 2.75) is 44.9 Å². The highest BCUT2D eigenvalue weighted by Crippen LogP contribution is 2.27. The van der Waals surface area contributed by atoms with Gasteiger partial charge < -0.3 is 19.7 Å². The van der Waals surface area contributed by atoms with Crippen molar-refractivity contribution in [1.29, 1.82) is 0 Å². The van der Waals surface area contributed by atoms with Crippen LogP contribution in [0.2, 0.25) is 5.02 Å². The molecular weight excluding hydrogens is 440 g/mol. The molecule has 1 heterocycles. The standard InChI is InChI=1S/C26H33ClN2O4/c1-32-24-17-19(9-11-21(24)26(31)33-2)13-14-28-25(30)22-18-20(27)10-12-23(22)29-15-7-5-3-4-6-8-16-29/h9-12,17-18H,3-8,13-16H2,1-2H3,(H,28,30). The molecule has 1 saturated heterocycles. The van der Waals surface area contributed by atoms with Gasteiger partial charge in [-0.05, 0) is 55.2 Å². The van der Waals surface area contributed by atoms with Crippen molar-refractivity contribution in [3.8, 4) is 5.75 Å². The molecule has 33 heavy (non-hydrogen) atoms. The zero-order valence-electron chi connectivity index (χ0n) is 19.5. The van der Waals surface area contributed by atoms with Crippen LogP contribution in [0.3, 0.4) is 0 Å². The number of benzene rings is 2. The van der Waals surface area contributed by atoms with Crippen LogP contribution in [-0.2, 0) is 11.2 Å². The molecule has 0 radical (unpaired) electrons. The summed E-state index contributed by atoms with van der Waals surface area (Å²) in [6.07, 6.45) is 7.89. The van der Waals surface area contributed by atoms with E-state index in [1.54, 1.807) is 18.2 Å². The Balaban J connectivity index is 1.68. The number of carbonyl (C=O) groups is 2. The van der Waals surface area contributed by atoms with E-state index in [1.165, 1.54) is 39.9 Å². The van der Waals surface area contributed by atoms with Gasteiger partial charge >= 0.3 is 5.97 Å². The lowest BCUT2D eigenvalue weighted by Crippen LogP contribution is -2.31. The van der Waals surface area contributed by atoms with E-state index in [-0.39, 0.29) is 5.91 Å². The van der Waals surface area contributed by atoms with E-state index in [4.69, 9.17) is 21.1 Å². The molecule has 0 aromatic heterocycles. The van der Waals surface area contributed by atoms with Crippen molar-refractivity contribution in [3.63, 3.8) is 0 Å². The Hall–Kier alpha value is -2.73. The Kier molecular flexibility index (Phi) is 9.43. The van der Waals surface area contributed by atoms with Crippen LogP contribution in [-0.4, -0.2) is 45.7 Å². The number of nitrogens with zero attached hydrogens (tertiary/aromatic N) is 1. The number of hydrogen-bond donors (Lipinski definition) is 1. The summed E-state index contributed by atoms with van der Waals surface area (Å²) >= 11 is 6.25. The average molecular weight is 473 g/mol. The third-order valence-corrected chi connectivity index (χ3v) is 6.26. The van der Waals surface area contributed by atoms with E-state index < -0.39 is 5.97 Å². The third-order valence-electron chi connectivity index (χ3n) is 6.02. The summed E-state index contributed by atoms with van der Waals surface area (Å²) in [5.41, 5.74) is 2.88. The van der Waals surface area contributed by atoms with Gasteiger partial charge in [0.15, 0.2) is 0 Å². The molecule has 0 unspecified atom stereocenters. The fourth-order valence-electron chi connectivity index (χ4n) is 4.22. The number of carbonyl (C=O) groups excluding carboxylic acids is 2. The quantitative estimate of drug-likeness (QED) is 0.556. The highest BCUT2D eigenvalue weighted by atomic mass is 35.5. The first-order chi connectivity index (χ1) is 16.0. The van der Waals surface area contributed by atoms with Gasteiger partial charge in [-0.3, -0.25) is 4.79 Å². The number of amides is 1. The summed E-state index contributed by atoms with van der Waals surface area (Å²) in [5, 5.41) is 3.58. The Labute approximate surface area is 201 Å². The van der Waals surface area contributed by atoms with E-state index in [0.29, 0.717) is 34.9 Å². The Morgan fingerprint density at radius 3 is 2.30 bits per heavy atom. The molecule has 1 amide bonds. The number of nitrogens with one attached hydrogen (secondary N) is 1. The van der Waals surface area contributed by atoms with Gasteiger partial charge in [-0.15, -0.1) is 0 Å². The fourth-order valence-corrected chi connectivity index (χ4v) is 4.39. The molecular formula is C26H33ClN2O4. The molecule has 178 valence electrons. The minimum Gasteiger partial charge on any atom is -0.496 e. The van der Waals surface area contributed by atoms with Crippen LogP contribution >= 0.6 is 11.6 Å². The van der Waals surface area contributed by atoms with Crippen LogP contribution in [0.15, 0.2) is 36.4 Å². The van der Waals surface area contributed by atoms with Gasteiger partial charge in [0, 0.05) is 30.3 Å². The van der Waals surface area contributed by atoms with Crippen LogP contribution in [0.4, 0.5) is 5.69 Å². The van der Waals surface area contributed by atoms with E-state index in [1.807, 2.05) is 18.2 Å². The minimum absolute atomic E-state index is 0.134. The van der Waals surface area contributed by atoms with Crippen LogP contribution in [0.5, 0.6) is 5.75 Å². The molecule has 1 N–H and O–H groups in total. The lowest BCUT2D eigenvalue weighted by Gasteiger charge is -2.26. The largest absolute Gasteiger partial charge is 0.496 e. The molecule has 2 aromatic rings. The van der Waals surface area contributed by atoms with Crippen molar-refractivity contribution >= 4 is 29.2 Å². The molecule has 3 rings (SSSR count). The molecule has 0 bridgehead atoms. The van der Waals surface area contributed by atoms with E-state index in [2.05, 4.69) is 10.2 Å². The molecule has 6 nitrogen and oxygen atoms in total. The maximum atomic E-state index is 13.1. The van der Waals surface area contributed by atoms with E-state index in [9.17, 15) is 9.59 Å². The molecule has 7 heteroatoms. The number of ether oxygens (including phenoxy) is 2. The Morgan fingerprint density at radius 2 is 1.64 bits per heavy atom. The topological polar surface area (TPSA) is 67.9 Å².